The number of methoxy groups -OCH3 is 1. The number of aromatic nitrogens is 1. The lowest BCUT2D eigenvalue weighted by molar-refractivity contribution is -0.136. The molecule has 0 amide bonds. The lowest BCUT2D eigenvalue weighted by atomic mass is 9.96. The number of furan rings is 1. The van der Waals surface area contributed by atoms with Crippen molar-refractivity contribution in [1.82, 2.24) is 4.57 Å². The number of carbonyl (C=O) groups excluding carboxylic acids is 1. The Hall–Kier alpha value is -3.33. The third-order valence-corrected chi connectivity index (χ3v) is 7.95. The predicted octanol–water partition coefficient (Wildman–Crippen LogP) is 5.04. The second kappa shape index (κ2) is 9.97. The second-order valence-electron chi connectivity index (χ2n) is 8.03. The van der Waals surface area contributed by atoms with Crippen molar-refractivity contribution in [2.75, 3.05) is 13.4 Å². The van der Waals surface area contributed by atoms with Gasteiger partial charge in [0, 0.05) is 16.5 Å². The Bertz CT molecular complexity index is 1680. The van der Waals surface area contributed by atoms with Crippen LogP contribution in [0.4, 0.5) is 0 Å². The summed E-state index contributed by atoms with van der Waals surface area (Å²) >= 11 is 9.17. The quantitative estimate of drug-likeness (QED) is 0.264. The topological polar surface area (TPSA) is 73.8 Å². The number of thiazole rings is 1. The van der Waals surface area contributed by atoms with E-state index < -0.39 is 12.0 Å². The molecule has 0 saturated carbocycles. The number of carbonyl (C=O) groups is 1. The highest BCUT2D eigenvalue weighted by molar-refractivity contribution is 7.98. The largest absolute Gasteiger partial charge is 0.466 e. The molecule has 0 fully saturated rings. The molecule has 6 nitrogen and oxygen atoms in total. The maximum atomic E-state index is 13.7. The zero-order valence-corrected chi connectivity index (χ0v) is 22.0. The van der Waals surface area contributed by atoms with Crippen LogP contribution in [0.3, 0.4) is 0 Å². The number of hydrogen-bond acceptors (Lipinski definition) is 7. The summed E-state index contributed by atoms with van der Waals surface area (Å²) in [4.78, 5) is 32.6. The highest BCUT2D eigenvalue weighted by Gasteiger charge is 2.33. The molecule has 0 N–H and O–H groups in total. The maximum absolute atomic E-state index is 13.7. The number of hydrogen-bond donors (Lipinski definition) is 0. The number of nitrogens with zero attached hydrogens (tertiary/aromatic N) is 2. The SMILES string of the molecule is COC(=O)C1=C(C)N=c2s/c(=C\c3ccc(-c4ccccc4Cl)o3)c(=O)n2[C@@H]1c1ccc(SC)cc1. The smallest absolute Gasteiger partial charge is 0.338 e. The fraction of sp³-hybridized carbons (Fsp3) is 0.148. The molecule has 0 aliphatic carbocycles. The lowest BCUT2D eigenvalue weighted by Crippen LogP contribution is -2.39. The molecule has 0 saturated heterocycles. The van der Waals surface area contributed by atoms with Gasteiger partial charge < -0.3 is 9.15 Å². The molecule has 0 spiro atoms. The molecular formula is C27H21ClN2O4S2. The molecule has 5 rings (SSSR count). The lowest BCUT2D eigenvalue weighted by Gasteiger charge is -2.24. The first-order valence-corrected chi connectivity index (χ1v) is 13.4. The molecule has 4 aromatic rings. The van der Waals surface area contributed by atoms with Gasteiger partial charge in [0.2, 0.25) is 0 Å². The van der Waals surface area contributed by atoms with Crippen LogP contribution in [0.1, 0.15) is 24.3 Å². The predicted molar refractivity (Wildman–Crippen MR) is 143 cm³/mol. The van der Waals surface area contributed by atoms with E-state index in [0.29, 0.717) is 37.1 Å². The first-order valence-electron chi connectivity index (χ1n) is 11.0. The van der Waals surface area contributed by atoms with E-state index in [-0.39, 0.29) is 5.56 Å². The molecule has 0 bridgehead atoms. The summed E-state index contributed by atoms with van der Waals surface area (Å²) in [6.45, 7) is 1.76. The van der Waals surface area contributed by atoms with Crippen LogP contribution >= 0.6 is 34.7 Å². The Morgan fingerprint density at radius 1 is 1.17 bits per heavy atom. The molecule has 0 unspecified atom stereocenters. The third kappa shape index (κ3) is 4.36. The zero-order chi connectivity index (χ0) is 25.4. The van der Waals surface area contributed by atoms with E-state index >= 15 is 0 Å². The van der Waals surface area contributed by atoms with Crippen LogP contribution in [-0.4, -0.2) is 23.9 Å². The fourth-order valence-electron chi connectivity index (χ4n) is 4.16. The second-order valence-corrected chi connectivity index (χ2v) is 10.3. The van der Waals surface area contributed by atoms with Gasteiger partial charge in [-0.05, 0) is 55.1 Å². The number of ether oxygens (including phenoxy) is 1. The fourth-order valence-corrected chi connectivity index (χ4v) is 5.82. The van der Waals surface area contributed by atoms with Crippen molar-refractivity contribution >= 4 is 46.7 Å². The summed E-state index contributed by atoms with van der Waals surface area (Å²) in [5, 5.41) is 0.580. The van der Waals surface area contributed by atoms with Crippen molar-refractivity contribution in [3.05, 3.63) is 108 Å². The summed E-state index contributed by atoms with van der Waals surface area (Å²) in [6, 6.07) is 18.2. The van der Waals surface area contributed by atoms with E-state index in [1.807, 2.05) is 54.8 Å². The van der Waals surface area contributed by atoms with Crippen molar-refractivity contribution in [1.29, 1.82) is 0 Å². The number of rotatable bonds is 5. The minimum atomic E-state index is -0.651. The van der Waals surface area contributed by atoms with Gasteiger partial charge in [0.25, 0.3) is 5.56 Å². The third-order valence-electron chi connectivity index (χ3n) is 5.90. The Morgan fingerprint density at radius 2 is 1.92 bits per heavy atom. The average Bonchev–Trinajstić information content (AvgIpc) is 3.47. The van der Waals surface area contributed by atoms with Crippen molar-refractivity contribution in [2.45, 2.75) is 17.9 Å². The van der Waals surface area contributed by atoms with Gasteiger partial charge in [-0.1, -0.05) is 47.2 Å². The Kier molecular flexibility index (Phi) is 6.75. The van der Waals surface area contributed by atoms with E-state index in [4.69, 9.17) is 20.8 Å². The highest BCUT2D eigenvalue weighted by atomic mass is 35.5. The molecule has 2 aromatic carbocycles. The number of benzene rings is 2. The molecule has 1 aliphatic rings. The monoisotopic (exact) mass is 536 g/mol. The normalized spacial score (nSPS) is 15.6. The Labute approximate surface area is 220 Å². The first kappa shape index (κ1) is 24.4. The van der Waals surface area contributed by atoms with Gasteiger partial charge in [0.05, 0.1) is 34.0 Å². The van der Waals surface area contributed by atoms with Crippen LogP contribution in [0.15, 0.2) is 91.0 Å². The molecular weight excluding hydrogens is 516 g/mol. The van der Waals surface area contributed by atoms with Gasteiger partial charge in [0.15, 0.2) is 4.80 Å². The first-order chi connectivity index (χ1) is 17.4. The van der Waals surface area contributed by atoms with E-state index in [0.717, 1.165) is 16.0 Å². The number of allylic oxidation sites excluding steroid dienone is 1. The number of halogens is 1. The zero-order valence-electron chi connectivity index (χ0n) is 19.7. The summed E-state index contributed by atoms with van der Waals surface area (Å²) in [5.41, 5.74) is 2.17. The van der Waals surface area contributed by atoms with Crippen LogP contribution in [0.5, 0.6) is 0 Å². The van der Waals surface area contributed by atoms with Crippen LogP contribution in [0.2, 0.25) is 5.02 Å². The minimum absolute atomic E-state index is 0.262. The van der Waals surface area contributed by atoms with Crippen molar-refractivity contribution in [2.24, 2.45) is 4.99 Å². The molecule has 182 valence electrons. The van der Waals surface area contributed by atoms with E-state index in [1.165, 1.54) is 18.4 Å². The van der Waals surface area contributed by atoms with Gasteiger partial charge in [0.1, 0.15) is 11.5 Å². The molecule has 1 aliphatic heterocycles. The van der Waals surface area contributed by atoms with Gasteiger partial charge in [-0.2, -0.15) is 0 Å². The van der Waals surface area contributed by atoms with E-state index in [1.54, 1.807) is 41.5 Å². The van der Waals surface area contributed by atoms with Gasteiger partial charge in [-0.3, -0.25) is 9.36 Å². The molecule has 2 aromatic heterocycles. The summed E-state index contributed by atoms with van der Waals surface area (Å²) in [7, 11) is 1.33. The number of esters is 1. The Morgan fingerprint density at radius 3 is 2.61 bits per heavy atom. The van der Waals surface area contributed by atoms with Gasteiger partial charge in [-0.15, -0.1) is 11.8 Å². The maximum Gasteiger partial charge on any atom is 0.338 e. The molecule has 36 heavy (non-hydrogen) atoms. The van der Waals surface area contributed by atoms with Crippen molar-refractivity contribution < 1.29 is 13.9 Å². The standard InChI is InChI=1S/C27H21ClN2O4S2/c1-15-23(26(32)33-2)24(16-8-11-18(35-3)12-9-16)30-25(31)22(36-27(30)29-15)14-17-10-13-21(34-17)19-6-4-5-7-20(19)28/h4-14,24H,1-3H3/b22-14-/t24-/m1/s1. The number of thioether (sulfide) groups is 1. The van der Waals surface area contributed by atoms with E-state index in [9.17, 15) is 9.59 Å². The van der Waals surface area contributed by atoms with Crippen LogP contribution in [-0.2, 0) is 9.53 Å². The average molecular weight is 537 g/mol. The molecule has 1 atom stereocenters. The highest BCUT2D eigenvalue weighted by Crippen LogP contribution is 2.32. The molecule has 3 heterocycles. The van der Waals surface area contributed by atoms with Crippen LogP contribution in [0, 0.1) is 0 Å². The van der Waals surface area contributed by atoms with Gasteiger partial charge in [-0.25, -0.2) is 9.79 Å². The van der Waals surface area contributed by atoms with Crippen molar-refractivity contribution in [3.8, 4) is 11.3 Å². The van der Waals surface area contributed by atoms with Crippen LogP contribution in [0.25, 0.3) is 17.4 Å². The number of fused-ring (bicyclic) bond motifs is 1. The Balaban J connectivity index is 1.65. The molecule has 0 radical (unpaired) electrons. The summed E-state index contributed by atoms with van der Waals surface area (Å²) in [6.07, 6.45) is 3.68. The minimum Gasteiger partial charge on any atom is -0.466 e. The summed E-state index contributed by atoms with van der Waals surface area (Å²) < 4.78 is 13.0. The molecule has 9 heteroatoms. The van der Waals surface area contributed by atoms with Crippen molar-refractivity contribution in [3.63, 3.8) is 0 Å². The van der Waals surface area contributed by atoms with Gasteiger partial charge >= 0.3 is 5.97 Å². The summed E-state index contributed by atoms with van der Waals surface area (Å²) in [5.74, 6) is 0.607. The van der Waals surface area contributed by atoms with Crippen LogP contribution < -0.4 is 14.9 Å². The van der Waals surface area contributed by atoms with E-state index in [2.05, 4.69) is 4.99 Å².